The van der Waals surface area contributed by atoms with Gasteiger partial charge in [-0.05, 0) is 18.6 Å². The lowest BCUT2D eigenvalue weighted by Gasteiger charge is -2.08. The molecule has 3 heterocycles. The number of carbonyl (C=O) groups excluding carboxylic acids is 2. The molecule has 4 aromatic rings. The smallest absolute Gasteiger partial charge is 0.272 e. The molecule has 0 aliphatic rings. The van der Waals surface area contributed by atoms with Crippen LogP contribution >= 0.6 is 11.3 Å². The summed E-state index contributed by atoms with van der Waals surface area (Å²) in [5.74, 6) is 1.22. The zero-order chi connectivity index (χ0) is 24.6. The van der Waals surface area contributed by atoms with Crippen molar-refractivity contribution >= 4 is 44.7 Å². The van der Waals surface area contributed by atoms with Gasteiger partial charge in [-0.2, -0.15) is 10.1 Å². The second-order valence-electron chi connectivity index (χ2n) is 7.69. The van der Waals surface area contributed by atoms with E-state index < -0.39 is 0 Å². The average molecular weight is 496 g/mol. The Morgan fingerprint density at radius 2 is 1.97 bits per heavy atom. The van der Waals surface area contributed by atoms with Crippen LogP contribution in [0.3, 0.4) is 0 Å². The molecular formula is C23H25N7O4S. The summed E-state index contributed by atoms with van der Waals surface area (Å²) in [5, 5.41) is 23.2. The van der Waals surface area contributed by atoms with Gasteiger partial charge in [0.25, 0.3) is 5.56 Å². The number of H-pyrrole nitrogens is 1. The van der Waals surface area contributed by atoms with Crippen LogP contribution in [0.25, 0.3) is 22.2 Å². The van der Waals surface area contributed by atoms with Crippen LogP contribution in [-0.2, 0) is 16.0 Å². The Bertz CT molecular complexity index is 1380. The van der Waals surface area contributed by atoms with Crippen molar-refractivity contribution in [2.45, 2.75) is 32.6 Å². The number of aromatic nitrogens is 4. The van der Waals surface area contributed by atoms with Crippen molar-refractivity contribution in [1.29, 1.82) is 0 Å². The molecule has 4 rings (SSSR count). The van der Waals surface area contributed by atoms with Gasteiger partial charge in [0.15, 0.2) is 5.82 Å². The number of benzene rings is 1. The standard InChI is InChI=1S/C23H25N7O4S/c1-2-17(31)26-20-12-14(13-35-20)21-27-19(34-30-21)9-8-18(32)24-10-5-11-25-22-15-6-3-4-7-16(15)23(33)29-28-22/h3-4,6-7,12-13H,2,5,8-11H2,1H3,(H,24,32)(H,25,28)(H,26,31)(H,29,33). The third kappa shape index (κ3) is 6.29. The summed E-state index contributed by atoms with van der Waals surface area (Å²) >= 11 is 1.39. The van der Waals surface area contributed by atoms with E-state index in [1.165, 1.54) is 11.3 Å². The van der Waals surface area contributed by atoms with Gasteiger partial charge in [0.1, 0.15) is 0 Å². The van der Waals surface area contributed by atoms with Crippen LogP contribution in [-0.4, -0.2) is 45.2 Å². The fourth-order valence-electron chi connectivity index (χ4n) is 3.30. The van der Waals surface area contributed by atoms with E-state index in [2.05, 4.69) is 36.3 Å². The van der Waals surface area contributed by atoms with Crippen LogP contribution in [0.2, 0.25) is 0 Å². The Kier molecular flexibility index (Phi) is 7.83. The molecule has 0 unspecified atom stereocenters. The van der Waals surface area contributed by atoms with Crippen LogP contribution in [0.4, 0.5) is 10.8 Å². The fourth-order valence-corrected chi connectivity index (χ4v) is 4.09. The molecule has 0 spiro atoms. The Balaban J connectivity index is 1.18. The van der Waals surface area contributed by atoms with E-state index in [0.717, 1.165) is 16.0 Å². The summed E-state index contributed by atoms with van der Waals surface area (Å²) in [7, 11) is 0. The van der Waals surface area contributed by atoms with Gasteiger partial charge >= 0.3 is 0 Å². The topological polar surface area (TPSA) is 155 Å². The van der Waals surface area contributed by atoms with Crippen molar-refractivity contribution in [3.8, 4) is 11.4 Å². The van der Waals surface area contributed by atoms with Crippen molar-refractivity contribution in [2.75, 3.05) is 23.7 Å². The minimum Gasteiger partial charge on any atom is -0.368 e. The minimum absolute atomic E-state index is 0.0597. The van der Waals surface area contributed by atoms with E-state index >= 15 is 0 Å². The van der Waals surface area contributed by atoms with Crippen molar-refractivity contribution in [3.05, 3.63) is 52.0 Å². The van der Waals surface area contributed by atoms with Crippen molar-refractivity contribution in [3.63, 3.8) is 0 Å². The highest BCUT2D eigenvalue weighted by atomic mass is 32.1. The van der Waals surface area contributed by atoms with Gasteiger partial charge in [0, 0.05) is 48.7 Å². The summed E-state index contributed by atoms with van der Waals surface area (Å²) < 4.78 is 5.25. The molecule has 0 saturated carbocycles. The number of anilines is 2. The SMILES string of the molecule is CCC(=O)Nc1cc(-c2noc(CCC(=O)NCCCNc3n[nH]c(=O)c4ccccc34)n2)cs1. The molecule has 0 aliphatic carbocycles. The van der Waals surface area contributed by atoms with E-state index in [1.54, 1.807) is 25.1 Å². The normalized spacial score (nSPS) is 10.9. The van der Waals surface area contributed by atoms with Gasteiger partial charge in [0.2, 0.25) is 23.5 Å². The molecule has 0 radical (unpaired) electrons. The van der Waals surface area contributed by atoms with Gasteiger partial charge in [0.05, 0.1) is 10.4 Å². The number of aryl methyl sites for hydroxylation is 1. The van der Waals surface area contributed by atoms with E-state index in [1.807, 2.05) is 17.5 Å². The summed E-state index contributed by atoms with van der Waals surface area (Å²) in [6, 6.07) is 9.04. The van der Waals surface area contributed by atoms with E-state index in [0.29, 0.717) is 55.3 Å². The van der Waals surface area contributed by atoms with E-state index in [-0.39, 0.29) is 23.8 Å². The first-order valence-electron chi connectivity index (χ1n) is 11.2. The van der Waals surface area contributed by atoms with Crippen LogP contribution in [0.5, 0.6) is 0 Å². The lowest BCUT2D eigenvalue weighted by molar-refractivity contribution is -0.121. The summed E-state index contributed by atoms with van der Waals surface area (Å²) in [6.45, 7) is 2.86. The average Bonchev–Trinajstić information content (AvgIpc) is 3.53. The molecule has 0 bridgehead atoms. The Hall–Kier alpha value is -4.06. The number of nitrogens with one attached hydrogen (secondary N) is 4. The molecule has 182 valence electrons. The predicted molar refractivity (Wildman–Crippen MR) is 133 cm³/mol. The number of nitrogens with zero attached hydrogens (tertiary/aromatic N) is 3. The highest BCUT2D eigenvalue weighted by Crippen LogP contribution is 2.27. The van der Waals surface area contributed by atoms with Gasteiger partial charge in [-0.25, -0.2) is 5.10 Å². The predicted octanol–water partition coefficient (Wildman–Crippen LogP) is 2.93. The number of rotatable bonds is 11. The highest BCUT2D eigenvalue weighted by molar-refractivity contribution is 7.14. The summed E-state index contributed by atoms with van der Waals surface area (Å²) in [4.78, 5) is 39.8. The third-order valence-electron chi connectivity index (χ3n) is 5.14. The molecule has 35 heavy (non-hydrogen) atoms. The molecule has 2 amide bonds. The van der Waals surface area contributed by atoms with Crippen LogP contribution in [0.1, 0.15) is 32.1 Å². The molecule has 0 atom stereocenters. The summed E-state index contributed by atoms with van der Waals surface area (Å²) in [5.41, 5.74) is 0.519. The van der Waals surface area contributed by atoms with Crippen molar-refractivity contribution in [1.82, 2.24) is 25.7 Å². The molecule has 12 heteroatoms. The van der Waals surface area contributed by atoms with Crippen molar-refractivity contribution < 1.29 is 14.1 Å². The number of hydrogen-bond donors (Lipinski definition) is 4. The first-order valence-corrected chi connectivity index (χ1v) is 12.1. The van der Waals surface area contributed by atoms with Gasteiger partial charge in [-0.3, -0.25) is 14.4 Å². The molecule has 0 aliphatic heterocycles. The minimum atomic E-state index is -0.229. The Labute approximate surface area is 204 Å². The third-order valence-corrected chi connectivity index (χ3v) is 5.99. The van der Waals surface area contributed by atoms with Gasteiger partial charge < -0.3 is 20.5 Å². The largest absolute Gasteiger partial charge is 0.368 e. The maximum absolute atomic E-state index is 12.2. The van der Waals surface area contributed by atoms with Crippen molar-refractivity contribution in [2.24, 2.45) is 0 Å². The molecule has 0 fully saturated rings. The van der Waals surface area contributed by atoms with E-state index in [9.17, 15) is 14.4 Å². The monoisotopic (exact) mass is 495 g/mol. The van der Waals surface area contributed by atoms with Crippen LogP contribution in [0.15, 0.2) is 45.0 Å². The first kappa shape index (κ1) is 24.1. The molecule has 3 aromatic heterocycles. The molecule has 1 aromatic carbocycles. The zero-order valence-electron chi connectivity index (χ0n) is 19.1. The first-order chi connectivity index (χ1) is 17.0. The Morgan fingerprint density at radius 3 is 2.80 bits per heavy atom. The number of fused-ring (bicyclic) bond motifs is 1. The molecule has 4 N–H and O–H groups in total. The molecule has 0 saturated heterocycles. The molecule has 11 nitrogen and oxygen atoms in total. The maximum Gasteiger partial charge on any atom is 0.272 e. The second-order valence-corrected chi connectivity index (χ2v) is 8.60. The number of amides is 2. The van der Waals surface area contributed by atoms with Crippen LogP contribution < -0.4 is 21.5 Å². The Morgan fingerprint density at radius 1 is 1.14 bits per heavy atom. The quantitative estimate of drug-likeness (QED) is 0.232. The number of aromatic amines is 1. The number of thiophene rings is 1. The molecular weight excluding hydrogens is 470 g/mol. The summed E-state index contributed by atoms with van der Waals surface area (Å²) in [6.07, 6.45) is 1.64. The fraction of sp³-hybridized carbons (Fsp3) is 0.304. The van der Waals surface area contributed by atoms with E-state index in [4.69, 9.17) is 4.52 Å². The second kappa shape index (κ2) is 11.4. The number of carbonyl (C=O) groups is 2. The van der Waals surface area contributed by atoms with Crippen LogP contribution in [0, 0.1) is 0 Å². The lowest BCUT2D eigenvalue weighted by atomic mass is 10.2. The maximum atomic E-state index is 12.2. The lowest BCUT2D eigenvalue weighted by Crippen LogP contribution is -2.26. The number of hydrogen-bond acceptors (Lipinski definition) is 9. The zero-order valence-corrected chi connectivity index (χ0v) is 19.9. The van der Waals surface area contributed by atoms with Gasteiger partial charge in [-0.1, -0.05) is 30.3 Å². The highest BCUT2D eigenvalue weighted by Gasteiger charge is 2.13. The van der Waals surface area contributed by atoms with Gasteiger partial charge in [-0.15, -0.1) is 11.3 Å².